The zero-order valence-corrected chi connectivity index (χ0v) is 10.7. The van der Waals surface area contributed by atoms with Crippen molar-refractivity contribution in [1.29, 1.82) is 0 Å². The van der Waals surface area contributed by atoms with Crippen LogP contribution in [-0.4, -0.2) is 6.29 Å². The summed E-state index contributed by atoms with van der Waals surface area (Å²) < 4.78 is 2.47. The Labute approximate surface area is 100 Å². The Hall–Kier alpha value is -0.420. The van der Waals surface area contributed by atoms with Crippen molar-refractivity contribution in [2.75, 3.05) is 0 Å². The summed E-state index contributed by atoms with van der Waals surface area (Å²) in [7, 11) is 0. The highest BCUT2D eigenvalue weighted by atomic mass is 127. The van der Waals surface area contributed by atoms with Gasteiger partial charge in [0.1, 0.15) is 0 Å². The molecule has 14 heavy (non-hydrogen) atoms. The third-order valence-electron chi connectivity index (χ3n) is 2.22. The van der Waals surface area contributed by atoms with Crippen molar-refractivity contribution in [3.05, 3.63) is 32.2 Å². The monoisotopic (exact) mass is 316 g/mol. The molecule has 0 amide bonds. The van der Waals surface area contributed by atoms with Gasteiger partial charge in [-0.05, 0) is 35.1 Å². The van der Waals surface area contributed by atoms with Crippen LogP contribution in [0.5, 0.6) is 0 Å². The Bertz CT molecular complexity index is 487. The summed E-state index contributed by atoms with van der Waals surface area (Å²) >= 11 is 4.05. The number of hydrogen-bond donors (Lipinski definition) is 0. The van der Waals surface area contributed by atoms with Gasteiger partial charge < -0.3 is 0 Å². The van der Waals surface area contributed by atoms with Crippen LogP contribution >= 0.6 is 33.9 Å². The maximum Gasteiger partial charge on any atom is 0.151 e. The first-order valence-electron chi connectivity index (χ1n) is 4.43. The van der Waals surface area contributed by atoms with Gasteiger partial charge in [-0.25, -0.2) is 0 Å². The molecule has 0 atom stereocenters. The van der Waals surface area contributed by atoms with Crippen LogP contribution in [-0.2, 0) is 6.42 Å². The number of benzene rings is 1. The molecule has 0 bridgehead atoms. The van der Waals surface area contributed by atoms with E-state index in [9.17, 15) is 4.79 Å². The number of aldehydes is 1. The molecule has 0 spiro atoms. The van der Waals surface area contributed by atoms with Crippen LogP contribution in [0.25, 0.3) is 10.1 Å². The van der Waals surface area contributed by atoms with E-state index in [0.29, 0.717) is 0 Å². The van der Waals surface area contributed by atoms with E-state index in [-0.39, 0.29) is 0 Å². The zero-order valence-electron chi connectivity index (χ0n) is 7.71. The predicted octanol–water partition coefficient (Wildman–Crippen LogP) is 3.88. The van der Waals surface area contributed by atoms with Gasteiger partial charge in [-0.1, -0.05) is 19.1 Å². The Balaban J connectivity index is 2.86. The van der Waals surface area contributed by atoms with Gasteiger partial charge in [0.15, 0.2) is 6.29 Å². The maximum absolute atomic E-state index is 11.0. The van der Waals surface area contributed by atoms with Gasteiger partial charge in [-0.15, -0.1) is 11.3 Å². The first-order valence-corrected chi connectivity index (χ1v) is 6.32. The smallest absolute Gasteiger partial charge is 0.151 e. The molecular formula is C11H9IOS. The lowest BCUT2D eigenvalue weighted by molar-refractivity contribution is 0.112. The number of fused-ring (bicyclic) bond motifs is 1. The Morgan fingerprint density at radius 3 is 2.93 bits per heavy atom. The zero-order chi connectivity index (χ0) is 10.1. The second kappa shape index (κ2) is 3.98. The molecule has 1 nitrogen and oxygen atoms in total. The van der Waals surface area contributed by atoms with Gasteiger partial charge in [-0.3, -0.25) is 4.79 Å². The lowest BCUT2D eigenvalue weighted by atomic mass is 10.1. The summed E-state index contributed by atoms with van der Waals surface area (Å²) in [6.07, 6.45) is 1.91. The topological polar surface area (TPSA) is 17.1 Å². The molecule has 72 valence electrons. The molecule has 1 aromatic heterocycles. The molecule has 0 fully saturated rings. The summed E-state index contributed by atoms with van der Waals surface area (Å²) in [6, 6.07) is 6.10. The Morgan fingerprint density at radius 1 is 1.50 bits per heavy atom. The highest BCUT2D eigenvalue weighted by molar-refractivity contribution is 14.1. The highest BCUT2D eigenvalue weighted by Crippen LogP contribution is 2.33. The first kappa shape index (κ1) is 10.1. The van der Waals surface area contributed by atoms with Crippen LogP contribution in [0.3, 0.4) is 0 Å². The van der Waals surface area contributed by atoms with Crippen molar-refractivity contribution < 1.29 is 4.79 Å². The van der Waals surface area contributed by atoms with E-state index >= 15 is 0 Å². The van der Waals surface area contributed by atoms with Gasteiger partial charge in [-0.2, -0.15) is 0 Å². The van der Waals surface area contributed by atoms with Gasteiger partial charge in [0.2, 0.25) is 0 Å². The first-order chi connectivity index (χ1) is 6.77. The average Bonchev–Trinajstić information content (AvgIpc) is 2.57. The quantitative estimate of drug-likeness (QED) is 0.607. The maximum atomic E-state index is 11.0. The van der Waals surface area contributed by atoms with E-state index in [1.165, 1.54) is 13.1 Å². The molecule has 0 radical (unpaired) electrons. The molecule has 0 saturated carbocycles. The highest BCUT2D eigenvalue weighted by Gasteiger charge is 2.11. The fourth-order valence-corrected chi connectivity index (χ4v) is 3.49. The van der Waals surface area contributed by atoms with Crippen molar-refractivity contribution >= 4 is 50.3 Å². The number of carbonyl (C=O) groups excluding carboxylic acids is 1. The van der Waals surface area contributed by atoms with Crippen LogP contribution in [0.15, 0.2) is 18.2 Å². The molecule has 0 N–H and O–H groups in total. The number of thiophene rings is 1. The number of halogens is 1. The van der Waals surface area contributed by atoms with Crippen LogP contribution < -0.4 is 0 Å². The number of aryl methyl sites for hydroxylation is 1. The molecule has 0 aliphatic rings. The minimum atomic E-state index is 0.881. The van der Waals surface area contributed by atoms with E-state index in [1.54, 1.807) is 11.3 Å². The molecule has 0 aliphatic heterocycles. The van der Waals surface area contributed by atoms with E-state index < -0.39 is 0 Å². The molecule has 3 heteroatoms. The Kier molecular flexibility index (Phi) is 2.88. The van der Waals surface area contributed by atoms with Crippen LogP contribution in [0.4, 0.5) is 0 Å². The minimum absolute atomic E-state index is 0.881. The van der Waals surface area contributed by atoms with Gasteiger partial charge in [0.25, 0.3) is 0 Å². The van der Waals surface area contributed by atoms with Crippen molar-refractivity contribution in [1.82, 2.24) is 0 Å². The summed E-state index contributed by atoms with van der Waals surface area (Å²) in [4.78, 5) is 12.2. The molecule has 0 saturated heterocycles. The Morgan fingerprint density at radius 2 is 2.29 bits per heavy atom. The molecular weight excluding hydrogens is 307 g/mol. The van der Waals surface area contributed by atoms with E-state index in [2.05, 4.69) is 35.6 Å². The largest absolute Gasteiger partial charge is 0.298 e. The summed E-state index contributed by atoms with van der Waals surface area (Å²) in [6.45, 7) is 2.09. The standard InChI is InChI=1S/C11H9IOS/c1-2-10-8(6-13)7-4-3-5-9(12)11(7)14-10/h3-6H,2H2,1H3. The van der Waals surface area contributed by atoms with Gasteiger partial charge in [0.05, 0.1) is 0 Å². The normalized spacial score (nSPS) is 10.7. The third-order valence-corrected chi connectivity index (χ3v) is 4.89. The molecule has 0 unspecified atom stereocenters. The van der Waals surface area contributed by atoms with E-state index in [0.717, 1.165) is 23.7 Å². The molecule has 2 rings (SSSR count). The minimum Gasteiger partial charge on any atom is -0.298 e. The summed E-state index contributed by atoms with van der Waals surface area (Å²) in [5.74, 6) is 0. The van der Waals surface area contributed by atoms with Crippen molar-refractivity contribution in [2.45, 2.75) is 13.3 Å². The lowest BCUT2D eigenvalue weighted by Gasteiger charge is -1.92. The van der Waals surface area contributed by atoms with Crippen LogP contribution in [0.2, 0.25) is 0 Å². The second-order valence-electron chi connectivity index (χ2n) is 3.03. The molecule has 2 aromatic rings. The lowest BCUT2D eigenvalue weighted by Crippen LogP contribution is -1.82. The number of rotatable bonds is 2. The van der Waals surface area contributed by atoms with Crippen molar-refractivity contribution in [3.8, 4) is 0 Å². The van der Waals surface area contributed by atoms with Gasteiger partial charge in [0, 0.05) is 24.1 Å². The molecule has 0 aliphatic carbocycles. The molecule has 1 aromatic carbocycles. The van der Waals surface area contributed by atoms with Crippen LogP contribution in [0, 0.1) is 3.57 Å². The van der Waals surface area contributed by atoms with Crippen LogP contribution in [0.1, 0.15) is 22.2 Å². The fourth-order valence-electron chi connectivity index (χ4n) is 1.54. The molecule has 1 heterocycles. The fraction of sp³-hybridized carbons (Fsp3) is 0.182. The predicted molar refractivity (Wildman–Crippen MR) is 69.3 cm³/mol. The van der Waals surface area contributed by atoms with Crippen molar-refractivity contribution in [3.63, 3.8) is 0 Å². The average molecular weight is 316 g/mol. The van der Waals surface area contributed by atoms with Crippen molar-refractivity contribution in [2.24, 2.45) is 0 Å². The SMILES string of the molecule is CCc1sc2c(I)cccc2c1C=O. The van der Waals surface area contributed by atoms with Gasteiger partial charge >= 0.3 is 0 Å². The number of hydrogen-bond acceptors (Lipinski definition) is 2. The van der Waals surface area contributed by atoms with E-state index in [1.807, 2.05) is 12.1 Å². The summed E-state index contributed by atoms with van der Waals surface area (Å²) in [5.41, 5.74) is 0.881. The third kappa shape index (κ3) is 1.48. The number of carbonyl (C=O) groups is 1. The van der Waals surface area contributed by atoms with E-state index in [4.69, 9.17) is 0 Å². The second-order valence-corrected chi connectivity index (χ2v) is 5.29. The summed E-state index contributed by atoms with van der Waals surface area (Å²) in [5, 5.41) is 1.11.